The lowest BCUT2D eigenvalue weighted by atomic mass is 9.49. The smallest absolute Gasteiger partial charge is 0.236 e. The number of benzene rings is 1. The molecule has 0 heterocycles. The molecule has 1 N–H and O–H groups in total. The van der Waals surface area contributed by atoms with E-state index in [9.17, 15) is 4.79 Å². The Morgan fingerprint density at radius 2 is 1.57 bits per heavy atom. The highest BCUT2D eigenvalue weighted by molar-refractivity contribution is 7.98. The summed E-state index contributed by atoms with van der Waals surface area (Å²) in [5.41, 5.74) is 1.22. The van der Waals surface area contributed by atoms with E-state index in [1.54, 1.807) is 0 Å². The number of hydrogen-bond acceptors (Lipinski definition) is 2. The summed E-state index contributed by atoms with van der Waals surface area (Å²) in [6.07, 6.45) is 7.57. The summed E-state index contributed by atoms with van der Waals surface area (Å²) in [6, 6.07) is 8.36. The van der Waals surface area contributed by atoms with Crippen LogP contribution in [-0.2, 0) is 4.79 Å². The predicted octanol–water partition coefficient (Wildman–Crippen LogP) is 4.33. The maximum Gasteiger partial charge on any atom is 0.236 e. The summed E-state index contributed by atoms with van der Waals surface area (Å²) in [7, 11) is 0. The maximum absolute atomic E-state index is 12.8. The van der Waals surface area contributed by atoms with Crippen LogP contribution in [0.25, 0.3) is 0 Å². The second-order valence-corrected chi connectivity index (χ2v) is 8.42. The standard InChI is InChI=1S/C18H23NOS/c1-12-2-4-16(5-3-12)21-19-17(20)18-9-13-6-14(10-18)8-15(7-13)11-18/h2-5,13-15H,6-11H2,1H3,(H,19,20). The fraction of sp³-hybridized carbons (Fsp3) is 0.611. The van der Waals surface area contributed by atoms with Crippen molar-refractivity contribution in [2.75, 3.05) is 0 Å². The molecule has 0 saturated heterocycles. The summed E-state index contributed by atoms with van der Waals surface area (Å²) in [5.74, 6) is 2.77. The van der Waals surface area contributed by atoms with E-state index in [1.165, 1.54) is 36.8 Å². The highest BCUT2D eigenvalue weighted by Crippen LogP contribution is 2.60. The second kappa shape index (κ2) is 5.05. The molecule has 112 valence electrons. The van der Waals surface area contributed by atoms with Gasteiger partial charge in [-0.2, -0.15) is 0 Å². The minimum atomic E-state index is -0.0353. The van der Waals surface area contributed by atoms with E-state index in [0.29, 0.717) is 5.91 Å². The molecule has 4 saturated carbocycles. The van der Waals surface area contributed by atoms with Gasteiger partial charge in [0.1, 0.15) is 0 Å². The van der Waals surface area contributed by atoms with Gasteiger partial charge in [-0.25, -0.2) is 0 Å². The van der Waals surface area contributed by atoms with Gasteiger partial charge < -0.3 is 0 Å². The summed E-state index contributed by atoms with van der Waals surface area (Å²) in [5, 5.41) is 0. The van der Waals surface area contributed by atoms with E-state index in [2.05, 4.69) is 35.9 Å². The van der Waals surface area contributed by atoms with Gasteiger partial charge >= 0.3 is 0 Å². The lowest BCUT2D eigenvalue weighted by Crippen LogP contribution is -2.52. The highest BCUT2D eigenvalue weighted by Gasteiger charge is 2.54. The fourth-order valence-electron chi connectivity index (χ4n) is 5.21. The monoisotopic (exact) mass is 301 g/mol. The average molecular weight is 301 g/mol. The van der Waals surface area contributed by atoms with Gasteiger partial charge in [0.25, 0.3) is 0 Å². The molecular formula is C18H23NOS. The zero-order chi connectivity index (χ0) is 14.4. The number of aryl methyl sites for hydroxylation is 1. The molecule has 0 aromatic heterocycles. The topological polar surface area (TPSA) is 29.1 Å². The van der Waals surface area contributed by atoms with E-state index < -0.39 is 0 Å². The number of carbonyl (C=O) groups is 1. The Hall–Kier alpha value is -0.960. The van der Waals surface area contributed by atoms with Gasteiger partial charge in [0.05, 0.1) is 5.41 Å². The van der Waals surface area contributed by atoms with Crippen LogP contribution in [0.3, 0.4) is 0 Å². The van der Waals surface area contributed by atoms with Crippen LogP contribution in [0.4, 0.5) is 0 Å². The molecule has 0 radical (unpaired) electrons. The molecule has 1 amide bonds. The molecule has 2 nitrogen and oxygen atoms in total. The molecule has 0 atom stereocenters. The van der Waals surface area contributed by atoms with Crippen LogP contribution in [0.5, 0.6) is 0 Å². The first kappa shape index (κ1) is 13.7. The van der Waals surface area contributed by atoms with Crippen molar-refractivity contribution in [3.63, 3.8) is 0 Å². The first-order valence-corrected chi connectivity index (χ1v) is 8.99. The predicted molar refractivity (Wildman–Crippen MR) is 85.8 cm³/mol. The Morgan fingerprint density at radius 1 is 1.05 bits per heavy atom. The summed E-state index contributed by atoms with van der Waals surface area (Å²) < 4.78 is 3.15. The lowest BCUT2D eigenvalue weighted by Gasteiger charge is -2.55. The van der Waals surface area contributed by atoms with Crippen LogP contribution in [0.2, 0.25) is 0 Å². The molecular weight excluding hydrogens is 278 g/mol. The minimum Gasteiger partial charge on any atom is -0.296 e. The van der Waals surface area contributed by atoms with Crippen molar-refractivity contribution >= 4 is 17.9 Å². The third kappa shape index (κ3) is 2.50. The number of carbonyl (C=O) groups excluding carboxylic acids is 1. The Bertz CT molecular complexity index is 516. The molecule has 5 rings (SSSR count). The highest BCUT2D eigenvalue weighted by atomic mass is 32.2. The normalized spacial score (nSPS) is 36.7. The minimum absolute atomic E-state index is 0.0353. The zero-order valence-electron chi connectivity index (χ0n) is 12.6. The summed E-state index contributed by atoms with van der Waals surface area (Å²) >= 11 is 1.49. The molecule has 0 spiro atoms. The summed E-state index contributed by atoms with van der Waals surface area (Å²) in [6.45, 7) is 2.09. The van der Waals surface area contributed by atoms with Crippen molar-refractivity contribution in [3.8, 4) is 0 Å². The number of nitrogens with one attached hydrogen (secondary N) is 1. The van der Waals surface area contributed by atoms with Gasteiger partial charge in [0, 0.05) is 4.90 Å². The average Bonchev–Trinajstić information content (AvgIpc) is 2.45. The van der Waals surface area contributed by atoms with Gasteiger partial charge in [-0.3, -0.25) is 9.52 Å². The molecule has 4 bridgehead atoms. The van der Waals surface area contributed by atoms with Crippen LogP contribution in [0.1, 0.15) is 44.1 Å². The first-order valence-electron chi connectivity index (χ1n) is 8.17. The van der Waals surface area contributed by atoms with Gasteiger partial charge in [0.2, 0.25) is 5.91 Å². The first-order chi connectivity index (χ1) is 10.1. The Balaban J connectivity index is 1.44. The van der Waals surface area contributed by atoms with Gasteiger partial charge in [-0.15, -0.1) is 0 Å². The van der Waals surface area contributed by atoms with Crippen molar-refractivity contribution in [3.05, 3.63) is 29.8 Å². The molecule has 4 aliphatic carbocycles. The van der Waals surface area contributed by atoms with Crippen molar-refractivity contribution in [2.24, 2.45) is 23.2 Å². The van der Waals surface area contributed by atoms with E-state index in [1.807, 2.05) is 0 Å². The zero-order valence-corrected chi connectivity index (χ0v) is 13.4. The quantitative estimate of drug-likeness (QED) is 0.842. The largest absolute Gasteiger partial charge is 0.296 e. The van der Waals surface area contributed by atoms with Crippen LogP contribution in [-0.4, -0.2) is 5.91 Å². The van der Waals surface area contributed by atoms with Crippen molar-refractivity contribution in [1.29, 1.82) is 0 Å². The van der Waals surface area contributed by atoms with Crippen LogP contribution >= 0.6 is 11.9 Å². The van der Waals surface area contributed by atoms with Crippen LogP contribution in [0, 0.1) is 30.1 Å². The molecule has 1 aromatic rings. The third-order valence-corrected chi connectivity index (χ3v) is 6.60. The van der Waals surface area contributed by atoms with Gasteiger partial charge in [-0.05, 0) is 87.3 Å². The molecule has 4 fully saturated rings. The van der Waals surface area contributed by atoms with E-state index >= 15 is 0 Å². The number of amides is 1. The molecule has 0 unspecified atom stereocenters. The van der Waals surface area contributed by atoms with Gasteiger partial charge in [-0.1, -0.05) is 17.7 Å². The van der Waals surface area contributed by atoms with Crippen LogP contribution < -0.4 is 4.72 Å². The van der Waals surface area contributed by atoms with Crippen molar-refractivity contribution < 1.29 is 4.79 Å². The van der Waals surface area contributed by atoms with E-state index in [-0.39, 0.29) is 5.41 Å². The molecule has 21 heavy (non-hydrogen) atoms. The van der Waals surface area contributed by atoms with Gasteiger partial charge in [0.15, 0.2) is 0 Å². The van der Waals surface area contributed by atoms with E-state index in [4.69, 9.17) is 0 Å². The Kier molecular flexibility index (Phi) is 3.29. The molecule has 0 aliphatic heterocycles. The van der Waals surface area contributed by atoms with Crippen molar-refractivity contribution in [1.82, 2.24) is 4.72 Å². The van der Waals surface area contributed by atoms with Crippen LogP contribution in [0.15, 0.2) is 29.2 Å². The number of rotatable bonds is 3. The Morgan fingerprint density at radius 3 is 2.10 bits per heavy atom. The fourth-order valence-corrected chi connectivity index (χ4v) is 5.91. The summed E-state index contributed by atoms with van der Waals surface area (Å²) in [4.78, 5) is 13.9. The Labute approximate surface area is 131 Å². The third-order valence-electron chi connectivity index (χ3n) is 5.80. The molecule has 1 aromatic carbocycles. The van der Waals surface area contributed by atoms with Crippen molar-refractivity contribution in [2.45, 2.75) is 50.3 Å². The molecule has 4 aliphatic rings. The second-order valence-electron chi connectivity index (χ2n) is 7.54. The SMILES string of the molecule is Cc1ccc(SNC(=O)C23CC4CC(CC(C4)C2)C3)cc1. The lowest BCUT2D eigenvalue weighted by molar-refractivity contribution is -0.144. The molecule has 3 heteroatoms. The van der Waals surface area contributed by atoms with E-state index in [0.717, 1.165) is 41.9 Å². The maximum atomic E-state index is 12.8. The number of hydrogen-bond donors (Lipinski definition) is 1.